The molecule has 0 spiro atoms. The molecule has 9 heterocycles. The van der Waals surface area contributed by atoms with E-state index in [-0.39, 0.29) is 73.7 Å². The number of nitrogens with zero attached hydrogens (tertiary/aromatic N) is 5. The van der Waals surface area contributed by atoms with Crippen molar-refractivity contribution in [3.63, 3.8) is 0 Å². The van der Waals surface area contributed by atoms with Crippen LogP contribution in [0.2, 0.25) is 10.3 Å². The van der Waals surface area contributed by atoms with Crippen LogP contribution in [0, 0.1) is 11.6 Å². The second-order valence-corrected chi connectivity index (χ2v) is 18.9. The molecule has 13 aromatic rings. The van der Waals surface area contributed by atoms with E-state index in [4.69, 9.17) is 41.2 Å². The third-order valence-electron chi connectivity index (χ3n) is 13.0. The van der Waals surface area contributed by atoms with Crippen LogP contribution in [-0.2, 0) is 32.2 Å². The summed E-state index contributed by atoms with van der Waals surface area (Å²) in [7, 11) is 0. The molecule has 0 bridgehead atoms. The van der Waals surface area contributed by atoms with Crippen LogP contribution in [0.3, 0.4) is 0 Å². The summed E-state index contributed by atoms with van der Waals surface area (Å²) < 4.78 is 59.2. The van der Waals surface area contributed by atoms with E-state index in [1.165, 1.54) is 86.7 Å². The summed E-state index contributed by atoms with van der Waals surface area (Å²) in [6.07, 6.45) is 5.69. The normalized spacial score (nSPS) is 11.4. The molecule has 4 aromatic carbocycles. The molecule has 0 aliphatic carbocycles. The number of carbonyl (C=O) groups excluding carboxylic acids is 3. The fraction of sp³-hybridized carbons (Fsp3) is 0.0862. The number of fused-ring (bicyclic) bond motifs is 12. The number of pyridine rings is 4. The van der Waals surface area contributed by atoms with Crippen molar-refractivity contribution in [2.45, 2.75) is 33.9 Å². The number of halogens is 4. The van der Waals surface area contributed by atoms with Crippen molar-refractivity contribution in [1.29, 1.82) is 0 Å². The maximum absolute atomic E-state index is 15.2. The number of carbonyl (C=O) groups is 4. The molecule has 404 valence electrons. The Morgan fingerprint density at radius 2 is 1.30 bits per heavy atom. The van der Waals surface area contributed by atoms with Gasteiger partial charge in [0.2, 0.25) is 5.71 Å². The molecule has 3 N–H and O–H groups in total. The second kappa shape index (κ2) is 20.8. The molecule has 23 heteroatoms. The van der Waals surface area contributed by atoms with Crippen molar-refractivity contribution in [2.75, 3.05) is 0 Å². The number of hydrogen-bond donors (Lipinski definition) is 3. The highest BCUT2D eigenvalue weighted by Crippen LogP contribution is 2.42. The number of benzene rings is 4. The number of ether oxygens (including phenoxy) is 2. The Balaban J connectivity index is 0.000000153. The molecule has 81 heavy (non-hydrogen) atoms. The highest BCUT2D eigenvalue weighted by atomic mass is 35.5. The van der Waals surface area contributed by atoms with E-state index >= 15 is 8.78 Å². The van der Waals surface area contributed by atoms with Gasteiger partial charge in [0.15, 0.2) is 0 Å². The molecule has 13 rings (SSSR count). The van der Waals surface area contributed by atoms with E-state index in [0.29, 0.717) is 71.3 Å². The molecular weight excluding hydrogens is 1100 g/mol. The van der Waals surface area contributed by atoms with Crippen molar-refractivity contribution in [2.24, 2.45) is 0 Å². The first-order valence-electron chi connectivity index (χ1n) is 24.1. The number of carboxylic acid groups (broad SMARTS) is 1. The standard InChI is InChI=1S/C28H15ClFN3O5.C26H15ClFN3O5.C4H6O3/c1-13(34)37-16-5-4-14-9-15(26(29)32-20(14)10-16)12-33-21-11-19(30)17-6-8-36-25(17)23(21)22-18-3-2-7-31-27(18)38-28(35)24(22)33;27-24-13(8-12-3-4-14(32)9-18(12)30-24)11-31-19-10-17(28)15-5-7-36-23(15)21(19)20(22(31)26(34)35)16-2-1-6-29-25(16)33;1-3(5)7-4(2)6/h2-11H,12H2,1H3;1-10,32H,11H2,(H,29,33)(H,34,35);1-2H3. The predicted octanol–water partition coefficient (Wildman–Crippen LogP) is 12.0. The van der Waals surface area contributed by atoms with Crippen molar-refractivity contribution in [3.8, 4) is 22.6 Å². The molecule has 0 fully saturated rings. The Morgan fingerprint density at radius 1 is 0.691 bits per heavy atom. The number of aromatic carboxylic acids is 1. The summed E-state index contributed by atoms with van der Waals surface area (Å²) in [6.45, 7) is 3.68. The number of rotatable bonds is 7. The van der Waals surface area contributed by atoms with Crippen LogP contribution in [0.4, 0.5) is 8.78 Å². The van der Waals surface area contributed by atoms with Gasteiger partial charge in [-0.2, -0.15) is 0 Å². The van der Waals surface area contributed by atoms with Gasteiger partial charge in [0.25, 0.3) is 5.56 Å². The third kappa shape index (κ3) is 9.69. The number of H-pyrrole nitrogens is 1. The van der Waals surface area contributed by atoms with Gasteiger partial charge >= 0.3 is 29.5 Å². The summed E-state index contributed by atoms with van der Waals surface area (Å²) in [5, 5.41) is 24.2. The fourth-order valence-corrected chi connectivity index (χ4v) is 10.3. The van der Waals surface area contributed by atoms with Crippen molar-refractivity contribution in [3.05, 3.63) is 182 Å². The predicted molar refractivity (Wildman–Crippen MR) is 295 cm³/mol. The van der Waals surface area contributed by atoms with Crippen LogP contribution in [0.25, 0.3) is 98.7 Å². The van der Waals surface area contributed by atoms with E-state index in [1.54, 1.807) is 59.2 Å². The summed E-state index contributed by atoms with van der Waals surface area (Å²) in [6, 6.07) is 25.4. The minimum Gasteiger partial charge on any atom is -0.508 e. The van der Waals surface area contributed by atoms with Gasteiger partial charge in [0.05, 0.1) is 74.8 Å². The van der Waals surface area contributed by atoms with Crippen molar-refractivity contribution < 1.29 is 60.9 Å². The summed E-state index contributed by atoms with van der Waals surface area (Å²) in [5.41, 5.74) is 2.37. The van der Waals surface area contributed by atoms with Crippen LogP contribution in [0.1, 0.15) is 42.4 Å². The number of phenolic OH excluding ortho intramolecular Hbond substituents is 1. The van der Waals surface area contributed by atoms with Crippen molar-refractivity contribution in [1.82, 2.24) is 29.1 Å². The maximum atomic E-state index is 15.2. The SMILES string of the molecule is CC(=O)OC(C)=O.CC(=O)Oc1ccc2cc(Cn3c4cc(F)c5ccoc5c4c4c5cccnc5oc(=O)c43)c(Cl)nc2c1.O=C(O)c1c(-c2ccc[nH]c2=O)c2c3occc3c(F)cc2n1Cc1cc2ccc(O)cc2nc1Cl. The molecule has 19 nitrogen and oxygen atoms in total. The quantitative estimate of drug-likeness (QED) is 0.0579. The number of esters is 3. The number of aromatic nitrogens is 6. The van der Waals surface area contributed by atoms with E-state index in [2.05, 4.69) is 24.7 Å². The molecule has 0 saturated heterocycles. The lowest BCUT2D eigenvalue weighted by Crippen LogP contribution is -2.14. The largest absolute Gasteiger partial charge is 0.508 e. The first-order valence-corrected chi connectivity index (χ1v) is 24.9. The fourth-order valence-electron chi connectivity index (χ4n) is 9.85. The molecule has 9 aromatic heterocycles. The third-order valence-corrected chi connectivity index (χ3v) is 13.6. The molecule has 0 aliphatic heterocycles. The Labute approximate surface area is 460 Å². The van der Waals surface area contributed by atoms with Crippen LogP contribution >= 0.6 is 23.2 Å². The summed E-state index contributed by atoms with van der Waals surface area (Å²) in [5.74, 6) is -3.61. The van der Waals surface area contributed by atoms with Gasteiger partial charge in [0.1, 0.15) is 55.8 Å². The number of phenols is 1. The smallest absolute Gasteiger partial charge is 0.362 e. The number of aromatic amines is 1. The average molecular weight is 1130 g/mol. The van der Waals surface area contributed by atoms with Crippen LogP contribution < -0.4 is 15.9 Å². The van der Waals surface area contributed by atoms with Gasteiger partial charge in [-0.25, -0.2) is 33.3 Å². The molecule has 0 aliphatic rings. The first kappa shape index (κ1) is 52.8. The molecular formula is C58H36Cl2F2N6O13. The Morgan fingerprint density at radius 3 is 1.90 bits per heavy atom. The number of nitrogens with one attached hydrogen (secondary N) is 1. The second-order valence-electron chi connectivity index (χ2n) is 18.2. The zero-order chi connectivity index (χ0) is 57.1. The summed E-state index contributed by atoms with van der Waals surface area (Å²) >= 11 is 13.0. The molecule has 0 saturated carbocycles. The topological polar surface area (TPSA) is 265 Å². The number of carboxylic acids is 1. The highest BCUT2D eigenvalue weighted by molar-refractivity contribution is 6.31. The lowest BCUT2D eigenvalue weighted by Gasteiger charge is -2.12. The van der Waals surface area contributed by atoms with E-state index < -0.39 is 46.7 Å². The van der Waals surface area contributed by atoms with E-state index in [1.807, 2.05) is 6.07 Å². The highest BCUT2D eigenvalue weighted by Gasteiger charge is 2.30. The zero-order valence-electron chi connectivity index (χ0n) is 42.1. The van der Waals surface area contributed by atoms with Crippen molar-refractivity contribution >= 4 is 135 Å². The van der Waals surface area contributed by atoms with Gasteiger partial charge in [-0.1, -0.05) is 23.2 Å². The van der Waals surface area contributed by atoms with Gasteiger partial charge < -0.3 is 47.1 Å². The Kier molecular flexibility index (Phi) is 13.6. The van der Waals surface area contributed by atoms with Crippen LogP contribution in [0.5, 0.6) is 11.5 Å². The van der Waals surface area contributed by atoms with Gasteiger partial charge in [0, 0.05) is 83.5 Å². The monoisotopic (exact) mass is 1130 g/mol. The molecule has 0 amide bonds. The molecule has 0 unspecified atom stereocenters. The van der Waals surface area contributed by atoms with Crippen LogP contribution in [-0.4, -0.2) is 63.2 Å². The average Bonchev–Trinajstić information content (AvgIpc) is 4.18. The van der Waals surface area contributed by atoms with Gasteiger partial charge in [-0.15, -0.1) is 0 Å². The minimum atomic E-state index is -1.32. The number of furan rings is 2. The Bertz CT molecular complexity index is 4930. The summed E-state index contributed by atoms with van der Waals surface area (Å²) in [4.78, 5) is 85.2. The van der Waals surface area contributed by atoms with Gasteiger partial charge in [-0.3, -0.25) is 19.2 Å². The van der Waals surface area contributed by atoms with Gasteiger partial charge in [-0.05, 0) is 84.9 Å². The van der Waals surface area contributed by atoms with Crippen LogP contribution in [0.15, 0.2) is 145 Å². The lowest BCUT2D eigenvalue weighted by atomic mass is 10.0. The number of aromatic hydroxyl groups is 1. The van der Waals surface area contributed by atoms with E-state index in [0.717, 1.165) is 5.39 Å². The zero-order valence-corrected chi connectivity index (χ0v) is 43.6. The maximum Gasteiger partial charge on any atom is 0.362 e. The first-order chi connectivity index (χ1) is 38.8. The minimum absolute atomic E-state index is 0.0269. The molecule has 0 radical (unpaired) electrons. The number of hydrogen-bond acceptors (Lipinski definition) is 15. The molecule has 0 atom stereocenters. The van der Waals surface area contributed by atoms with E-state index in [9.17, 15) is 39.0 Å². The lowest BCUT2D eigenvalue weighted by molar-refractivity contribution is -0.156. The Hall–Kier alpha value is -10.3.